The average molecular weight is 351 g/mol. The number of nitrogens with zero attached hydrogens (tertiary/aromatic N) is 1. The van der Waals surface area contributed by atoms with Crippen molar-refractivity contribution >= 4 is 23.6 Å². The zero-order valence-electron chi connectivity index (χ0n) is 14.7. The molecular formula is C21H21NO2S. The Morgan fingerprint density at radius 1 is 0.880 bits per heavy atom. The molecule has 2 aromatic carbocycles. The number of amides is 2. The fourth-order valence-corrected chi connectivity index (χ4v) is 5.31. The molecule has 2 unspecified atom stereocenters. The van der Waals surface area contributed by atoms with Crippen molar-refractivity contribution in [3.8, 4) is 0 Å². The number of rotatable bonds is 2. The maximum absolute atomic E-state index is 12.9. The molecule has 0 N–H and O–H groups in total. The van der Waals surface area contributed by atoms with Gasteiger partial charge in [-0.05, 0) is 29.7 Å². The molecule has 0 saturated carbocycles. The number of fused-ring (bicyclic) bond motifs is 2. The van der Waals surface area contributed by atoms with Crippen LogP contribution in [-0.4, -0.2) is 21.5 Å². The zero-order valence-corrected chi connectivity index (χ0v) is 15.5. The molecule has 2 amide bonds. The van der Waals surface area contributed by atoms with E-state index >= 15 is 0 Å². The van der Waals surface area contributed by atoms with Gasteiger partial charge >= 0.3 is 0 Å². The summed E-state index contributed by atoms with van der Waals surface area (Å²) < 4.78 is 0.120. The Bertz CT molecular complexity index is 833. The minimum absolute atomic E-state index is 0.120. The van der Waals surface area contributed by atoms with Gasteiger partial charge < -0.3 is 0 Å². The van der Waals surface area contributed by atoms with E-state index in [2.05, 4.69) is 32.9 Å². The number of hydrogen-bond donors (Lipinski definition) is 0. The second-order valence-corrected chi connectivity index (χ2v) is 9.65. The number of imide groups is 1. The van der Waals surface area contributed by atoms with E-state index < -0.39 is 0 Å². The van der Waals surface area contributed by atoms with Crippen LogP contribution in [0.5, 0.6) is 0 Å². The first-order valence-corrected chi connectivity index (χ1v) is 9.48. The van der Waals surface area contributed by atoms with Crippen molar-refractivity contribution < 1.29 is 9.59 Å². The summed E-state index contributed by atoms with van der Waals surface area (Å²) in [5, 5.41) is 0.297. The third-order valence-electron chi connectivity index (χ3n) is 4.77. The molecule has 4 heteroatoms. The van der Waals surface area contributed by atoms with Crippen LogP contribution in [0.25, 0.3) is 0 Å². The first-order chi connectivity index (χ1) is 11.9. The van der Waals surface area contributed by atoms with E-state index in [4.69, 9.17) is 0 Å². The van der Waals surface area contributed by atoms with Gasteiger partial charge in [0, 0.05) is 10.00 Å². The van der Waals surface area contributed by atoms with Gasteiger partial charge in [0.25, 0.3) is 11.8 Å². The van der Waals surface area contributed by atoms with Gasteiger partial charge in [0.2, 0.25) is 0 Å². The van der Waals surface area contributed by atoms with Crippen molar-refractivity contribution in [2.75, 3.05) is 0 Å². The molecule has 0 aromatic heterocycles. The van der Waals surface area contributed by atoms with E-state index in [9.17, 15) is 9.59 Å². The van der Waals surface area contributed by atoms with Crippen LogP contribution in [0.15, 0.2) is 48.5 Å². The van der Waals surface area contributed by atoms with Gasteiger partial charge in [-0.3, -0.25) is 14.5 Å². The third-order valence-corrected chi connectivity index (χ3v) is 6.21. The van der Waals surface area contributed by atoms with Gasteiger partial charge in [0.15, 0.2) is 0 Å². The van der Waals surface area contributed by atoms with Gasteiger partial charge in [-0.25, -0.2) is 0 Å². The molecule has 0 bridgehead atoms. The minimum Gasteiger partial charge on any atom is -0.269 e. The highest BCUT2D eigenvalue weighted by molar-refractivity contribution is 8.00. The Kier molecular flexibility index (Phi) is 3.76. The summed E-state index contributed by atoms with van der Waals surface area (Å²) in [5.74, 6) is -0.330. The summed E-state index contributed by atoms with van der Waals surface area (Å²) >= 11 is 1.91. The smallest absolute Gasteiger partial charge is 0.262 e. The van der Waals surface area contributed by atoms with Crippen LogP contribution in [0.3, 0.4) is 0 Å². The number of hydrogen-bond acceptors (Lipinski definition) is 3. The molecule has 3 nitrogen and oxygen atoms in total. The third kappa shape index (κ3) is 2.69. The van der Waals surface area contributed by atoms with Crippen molar-refractivity contribution in [3.05, 3.63) is 70.8 Å². The number of carbonyl (C=O) groups is 2. The molecule has 1 aliphatic carbocycles. The molecular weight excluding hydrogens is 330 g/mol. The Hall–Kier alpha value is -2.07. The van der Waals surface area contributed by atoms with Crippen molar-refractivity contribution in [2.24, 2.45) is 0 Å². The van der Waals surface area contributed by atoms with E-state index in [1.54, 1.807) is 12.1 Å². The predicted molar refractivity (Wildman–Crippen MR) is 101 cm³/mol. The topological polar surface area (TPSA) is 37.4 Å². The lowest BCUT2D eigenvalue weighted by molar-refractivity contribution is 0.0582. The average Bonchev–Trinajstić information content (AvgIpc) is 3.03. The minimum atomic E-state index is -0.177. The lowest BCUT2D eigenvalue weighted by Crippen LogP contribution is -2.33. The summed E-state index contributed by atoms with van der Waals surface area (Å²) in [6, 6.07) is 15.2. The van der Waals surface area contributed by atoms with Crippen LogP contribution in [0, 0.1) is 0 Å². The highest BCUT2D eigenvalue weighted by atomic mass is 32.2. The molecule has 2 atom stereocenters. The molecule has 0 radical (unpaired) electrons. The van der Waals surface area contributed by atoms with Crippen LogP contribution < -0.4 is 0 Å². The maximum atomic E-state index is 12.9. The first-order valence-electron chi connectivity index (χ1n) is 8.60. The zero-order chi connectivity index (χ0) is 17.8. The summed E-state index contributed by atoms with van der Waals surface area (Å²) in [5.41, 5.74) is 3.41. The van der Waals surface area contributed by atoms with Crippen molar-refractivity contribution in [2.45, 2.75) is 43.2 Å². The van der Waals surface area contributed by atoms with Gasteiger partial charge in [0.1, 0.15) is 0 Å². The van der Waals surface area contributed by atoms with Crippen LogP contribution >= 0.6 is 11.8 Å². The van der Waals surface area contributed by atoms with Gasteiger partial charge in [-0.15, -0.1) is 11.8 Å². The fraction of sp³-hybridized carbons (Fsp3) is 0.333. The Balaban J connectivity index is 1.73. The molecule has 0 spiro atoms. The van der Waals surface area contributed by atoms with E-state index in [0.717, 1.165) is 12.0 Å². The van der Waals surface area contributed by atoms with E-state index in [0.29, 0.717) is 16.4 Å². The quantitative estimate of drug-likeness (QED) is 0.715. The van der Waals surface area contributed by atoms with Crippen molar-refractivity contribution in [1.82, 2.24) is 4.90 Å². The van der Waals surface area contributed by atoms with Crippen LogP contribution in [0.2, 0.25) is 0 Å². The fourth-order valence-electron chi connectivity index (χ4n) is 3.84. The van der Waals surface area contributed by atoms with Crippen LogP contribution in [0.4, 0.5) is 0 Å². The molecule has 0 saturated heterocycles. The number of benzene rings is 2. The highest BCUT2D eigenvalue weighted by Crippen LogP contribution is 2.53. The van der Waals surface area contributed by atoms with E-state index in [1.165, 1.54) is 10.5 Å². The van der Waals surface area contributed by atoms with Gasteiger partial charge in [-0.2, -0.15) is 0 Å². The second kappa shape index (κ2) is 5.73. The Morgan fingerprint density at radius 2 is 1.40 bits per heavy atom. The highest BCUT2D eigenvalue weighted by Gasteiger charge is 2.45. The van der Waals surface area contributed by atoms with Crippen molar-refractivity contribution in [1.29, 1.82) is 0 Å². The van der Waals surface area contributed by atoms with E-state index in [1.807, 2.05) is 36.0 Å². The SMILES string of the molecule is CC(C)(C)SC1CC(N2C(=O)c3ccccc3C2=O)c2ccccc21. The number of carbonyl (C=O) groups excluding carboxylic acids is 2. The molecule has 128 valence electrons. The molecule has 1 aliphatic heterocycles. The Labute approximate surface area is 152 Å². The summed E-state index contributed by atoms with van der Waals surface area (Å²) in [6.07, 6.45) is 0.784. The van der Waals surface area contributed by atoms with Crippen LogP contribution in [0.1, 0.15) is 70.3 Å². The summed E-state index contributed by atoms with van der Waals surface area (Å²) in [6.45, 7) is 6.61. The van der Waals surface area contributed by atoms with Crippen LogP contribution in [-0.2, 0) is 0 Å². The van der Waals surface area contributed by atoms with Crippen molar-refractivity contribution in [3.63, 3.8) is 0 Å². The maximum Gasteiger partial charge on any atom is 0.262 e. The molecule has 2 aliphatic rings. The number of thioether (sulfide) groups is 1. The molecule has 1 heterocycles. The largest absolute Gasteiger partial charge is 0.269 e. The van der Waals surface area contributed by atoms with Gasteiger partial charge in [-0.1, -0.05) is 57.2 Å². The molecule has 0 fully saturated rings. The molecule has 2 aromatic rings. The predicted octanol–water partition coefficient (Wildman–Crippen LogP) is 5.00. The Morgan fingerprint density at radius 3 is 1.96 bits per heavy atom. The lowest BCUT2D eigenvalue weighted by atomic mass is 10.1. The molecule has 25 heavy (non-hydrogen) atoms. The van der Waals surface area contributed by atoms with E-state index in [-0.39, 0.29) is 22.6 Å². The lowest BCUT2D eigenvalue weighted by Gasteiger charge is -2.25. The standard InChI is InChI=1S/C21H21NO2S/c1-21(2,3)25-18-12-17(13-8-4-5-9-14(13)18)22-19(23)15-10-6-7-11-16(15)20(22)24/h4-11,17-18H,12H2,1-3H3. The van der Waals surface area contributed by atoms with Gasteiger partial charge in [0.05, 0.1) is 17.2 Å². The second-order valence-electron chi connectivity index (χ2n) is 7.63. The molecule has 4 rings (SSSR count). The summed E-state index contributed by atoms with van der Waals surface area (Å²) in [7, 11) is 0. The monoisotopic (exact) mass is 351 g/mol. The first kappa shape index (κ1) is 16.4. The summed E-state index contributed by atoms with van der Waals surface area (Å²) in [4.78, 5) is 27.3. The normalized spacial score (nSPS) is 22.3.